The van der Waals surface area contributed by atoms with Crippen LogP contribution in [0.4, 0.5) is 4.39 Å². The van der Waals surface area contributed by atoms with Crippen LogP contribution in [0.3, 0.4) is 0 Å². The first kappa shape index (κ1) is 11.7. The van der Waals surface area contributed by atoms with Gasteiger partial charge in [-0.15, -0.1) is 0 Å². The molecule has 1 nitrogen and oxygen atoms in total. The Hall–Kier alpha value is -0.410. The normalized spacial score (nSPS) is 11.9. The molecule has 0 amide bonds. The Balaban J connectivity index is 3.49. The van der Waals surface area contributed by atoms with Gasteiger partial charge in [-0.25, -0.2) is 4.39 Å². The van der Waals surface area contributed by atoms with E-state index >= 15 is 0 Å². The molecule has 2 N–H and O–H groups in total. The van der Waals surface area contributed by atoms with Crippen LogP contribution in [0, 0.1) is 19.7 Å². The van der Waals surface area contributed by atoms with E-state index in [0.717, 1.165) is 11.1 Å². The zero-order valence-corrected chi connectivity index (χ0v) is 10.5. The van der Waals surface area contributed by atoms with Crippen molar-refractivity contribution < 1.29 is 4.39 Å². The average molecular weight is 260 g/mol. The van der Waals surface area contributed by atoms with E-state index in [9.17, 15) is 4.39 Å². The van der Waals surface area contributed by atoms with E-state index < -0.39 is 5.54 Å². The second kappa shape index (κ2) is 3.63. The summed E-state index contributed by atoms with van der Waals surface area (Å²) in [5.41, 5.74) is 7.81. The zero-order chi connectivity index (χ0) is 11.1. The van der Waals surface area contributed by atoms with E-state index in [0.29, 0.717) is 10.0 Å². The maximum absolute atomic E-state index is 13.7. The molecule has 0 unspecified atom stereocenters. The number of halogens is 2. The third-order valence-corrected chi connectivity index (χ3v) is 3.30. The molecule has 1 aromatic carbocycles. The molecule has 0 aromatic heterocycles. The van der Waals surface area contributed by atoms with Gasteiger partial charge in [0.15, 0.2) is 0 Å². The molecule has 0 fully saturated rings. The van der Waals surface area contributed by atoms with Crippen molar-refractivity contribution in [2.24, 2.45) is 5.73 Å². The molecular weight excluding hydrogens is 245 g/mol. The largest absolute Gasteiger partial charge is 0.322 e. The lowest BCUT2D eigenvalue weighted by molar-refractivity contribution is 0.534. The highest BCUT2D eigenvalue weighted by atomic mass is 79.9. The second-order valence-corrected chi connectivity index (χ2v) is 5.01. The van der Waals surface area contributed by atoms with Crippen LogP contribution < -0.4 is 5.73 Å². The van der Waals surface area contributed by atoms with Gasteiger partial charge in [0.2, 0.25) is 0 Å². The monoisotopic (exact) mass is 259 g/mol. The predicted molar refractivity (Wildman–Crippen MR) is 60.8 cm³/mol. The van der Waals surface area contributed by atoms with Gasteiger partial charge in [0, 0.05) is 5.54 Å². The molecule has 0 aliphatic carbocycles. The van der Waals surface area contributed by atoms with Crippen LogP contribution in [0.1, 0.15) is 30.5 Å². The minimum Gasteiger partial charge on any atom is -0.322 e. The van der Waals surface area contributed by atoms with Crippen LogP contribution in [0.2, 0.25) is 0 Å². The summed E-state index contributed by atoms with van der Waals surface area (Å²) in [5.74, 6) is -0.210. The van der Waals surface area contributed by atoms with E-state index in [1.807, 2.05) is 26.8 Å². The lowest BCUT2D eigenvalue weighted by atomic mass is 9.90. The van der Waals surface area contributed by atoms with Crippen molar-refractivity contribution in [1.29, 1.82) is 0 Å². The van der Waals surface area contributed by atoms with Gasteiger partial charge in [0.25, 0.3) is 0 Å². The summed E-state index contributed by atoms with van der Waals surface area (Å²) in [6, 6.07) is 1.93. The van der Waals surface area contributed by atoms with Crippen molar-refractivity contribution >= 4 is 15.9 Å². The summed E-state index contributed by atoms with van der Waals surface area (Å²) < 4.78 is 14.2. The molecule has 78 valence electrons. The molecule has 0 spiro atoms. The minimum absolute atomic E-state index is 0.210. The van der Waals surface area contributed by atoms with Crippen LogP contribution in [0.15, 0.2) is 10.5 Å². The molecule has 0 heterocycles. The van der Waals surface area contributed by atoms with Gasteiger partial charge in [-0.2, -0.15) is 0 Å². The maximum Gasteiger partial charge on any atom is 0.140 e. The Morgan fingerprint density at radius 1 is 1.36 bits per heavy atom. The van der Waals surface area contributed by atoms with Gasteiger partial charge in [-0.05, 0) is 60.3 Å². The van der Waals surface area contributed by atoms with E-state index in [1.165, 1.54) is 0 Å². The fraction of sp³-hybridized carbons (Fsp3) is 0.455. The Morgan fingerprint density at radius 2 is 1.86 bits per heavy atom. The lowest BCUT2D eigenvalue weighted by Gasteiger charge is -2.23. The van der Waals surface area contributed by atoms with Crippen molar-refractivity contribution in [2.75, 3.05) is 0 Å². The molecule has 3 heteroatoms. The van der Waals surface area contributed by atoms with Gasteiger partial charge in [-0.3, -0.25) is 0 Å². The number of hydrogen-bond acceptors (Lipinski definition) is 1. The van der Waals surface area contributed by atoms with Gasteiger partial charge in [0.1, 0.15) is 5.82 Å². The van der Waals surface area contributed by atoms with Crippen molar-refractivity contribution in [3.63, 3.8) is 0 Å². The molecule has 0 saturated carbocycles. The molecule has 0 bridgehead atoms. The zero-order valence-electron chi connectivity index (χ0n) is 8.91. The fourth-order valence-electron chi connectivity index (χ4n) is 1.51. The molecule has 1 aromatic rings. The first-order chi connectivity index (χ1) is 6.25. The SMILES string of the molecule is Cc1cc(C(C)(C)N)c(C)c(F)c1Br. The first-order valence-corrected chi connectivity index (χ1v) is 5.29. The minimum atomic E-state index is -0.504. The van der Waals surface area contributed by atoms with Crippen LogP contribution in [0.25, 0.3) is 0 Å². The lowest BCUT2D eigenvalue weighted by Crippen LogP contribution is -2.30. The van der Waals surface area contributed by atoms with Gasteiger partial charge in [-0.1, -0.05) is 6.07 Å². The van der Waals surface area contributed by atoms with Gasteiger partial charge in [0.05, 0.1) is 4.47 Å². The van der Waals surface area contributed by atoms with E-state index in [1.54, 1.807) is 6.92 Å². The number of aryl methyl sites for hydroxylation is 1. The van der Waals surface area contributed by atoms with Crippen LogP contribution in [-0.2, 0) is 5.54 Å². The summed E-state index contributed by atoms with van der Waals surface area (Å²) in [4.78, 5) is 0. The molecule has 0 aliphatic rings. The quantitative estimate of drug-likeness (QED) is 0.822. The maximum atomic E-state index is 13.7. The average Bonchev–Trinajstić information content (AvgIpc) is 2.06. The highest BCUT2D eigenvalue weighted by Crippen LogP contribution is 2.30. The van der Waals surface area contributed by atoms with Crippen molar-refractivity contribution in [1.82, 2.24) is 0 Å². The Morgan fingerprint density at radius 3 is 2.29 bits per heavy atom. The molecule has 0 atom stereocenters. The highest BCUT2D eigenvalue weighted by Gasteiger charge is 2.21. The Kier molecular flexibility index (Phi) is 3.02. The van der Waals surface area contributed by atoms with Crippen molar-refractivity contribution in [3.05, 3.63) is 33.0 Å². The van der Waals surface area contributed by atoms with Crippen LogP contribution in [-0.4, -0.2) is 0 Å². The number of nitrogens with two attached hydrogens (primary N) is 1. The summed E-state index contributed by atoms with van der Waals surface area (Å²) in [6.07, 6.45) is 0. The van der Waals surface area contributed by atoms with Crippen molar-refractivity contribution in [2.45, 2.75) is 33.2 Å². The molecule has 14 heavy (non-hydrogen) atoms. The summed E-state index contributed by atoms with van der Waals surface area (Å²) in [7, 11) is 0. The smallest absolute Gasteiger partial charge is 0.140 e. The highest BCUT2D eigenvalue weighted by molar-refractivity contribution is 9.10. The standard InChI is InChI=1S/C11H15BrFN/c1-6-5-8(11(3,4)14)7(2)10(13)9(6)12/h5H,14H2,1-4H3. The number of benzene rings is 1. The molecule has 0 aliphatic heterocycles. The van der Waals surface area contributed by atoms with Gasteiger partial charge < -0.3 is 5.73 Å². The molecular formula is C11H15BrFN. The fourth-order valence-corrected chi connectivity index (χ4v) is 1.93. The van der Waals surface area contributed by atoms with E-state index in [2.05, 4.69) is 15.9 Å². The van der Waals surface area contributed by atoms with E-state index in [-0.39, 0.29) is 5.82 Å². The van der Waals surface area contributed by atoms with Crippen molar-refractivity contribution in [3.8, 4) is 0 Å². The first-order valence-electron chi connectivity index (χ1n) is 4.49. The molecule has 1 rings (SSSR count). The molecule has 0 radical (unpaired) electrons. The number of hydrogen-bond donors (Lipinski definition) is 1. The molecule has 0 saturated heterocycles. The summed E-state index contributed by atoms with van der Waals surface area (Å²) in [5, 5.41) is 0. The van der Waals surface area contributed by atoms with E-state index in [4.69, 9.17) is 5.73 Å². The van der Waals surface area contributed by atoms with Crippen LogP contribution in [0.5, 0.6) is 0 Å². The van der Waals surface area contributed by atoms with Gasteiger partial charge >= 0.3 is 0 Å². The third-order valence-electron chi connectivity index (χ3n) is 2.33. The third kappa shape index (κ3) is 1.98. The number of rotatable bonds is 1. The summed E-state index contributed by atoms with van der Waals surface area (Å²) in [6.45, 7) is 7.37. The second-order valence-electron chi connectivity index (χ2n) is 4.22. The Labute approximate surface area is 92.6 Å². The summed E-state index contributed by atoms with van der Waals surface area (Å²) >= 11 is 3.22. The Bertz CT molecular complexity index is 367. The predicted octanol–water partition coefficient (Wildman–Crippen LogP) is 3.40. The van der Waals surface area contributed by atoms with Crippen LogP contribution >= 0.6 is 15.9 Å². The topological polar surface area (TPSA) is 26.0 Å².